The van der Waals surface area contributed by atoms with E-state index in [0.29, 0.717) is 5.56 Å². The fourth-order valence-corrected chi connectivity index (χ4v) is 2.28. The minimum Gasteiger partial charge on any atom is -0.739 e. The van der Waals surface area contributed by atoms with Gasteiger partial charge in [0.1, 0.15) is 9.15 Å². The number of benzene rings is 1. The zero-order chi connectivity index (χ0) is 11.5. The van der Waals surface area contributed by atoms with E-state index in [0.717, 1.165) is 4.47 Å². The van der Waals surface area contributed by atoms with Gasteiger partial charge in [-0.15, -0.1) is 0 Å². The van der Waals surface area contributed by atoms with Gasteiger partial charge in [-0.05, 0) is 22.9 Å². The van der Waals surface area contributed by atoms with Crippen LogP contribution in [-0.2, 0) is 9.15 Å². The van der Waals surface area contributed by atoms with E-state index in [2.05, 4.69) is 15.9 Å². The van der Waals surface area contributed by atoms with E-state index < -0.39 is 9.15 Å². The molecule has 0 saturated carbocycles. The second-order valence-corrected chi connectivity index (χ2v) is 6.79. The largest absolute Gasteiger partial charge is 0.739 e. The average Bonchev–Trinajstić information content (AvgIpc) is 2.14. The van der Waals surface area contributed by atoms with Crippen LogP contribution in [0.25, 0.3) is 0 Å². The molecule has 0 unspecified atom stereocenters. The van der Waals surface area contributed by atoms with Crippen molar-refractivity contribution in [3.05, 3.63) is 34.3 Å². The van der Waals surface area contributed by atoms with Crippen LogP contribution in [0.4, 0.5) is 0 Å². The van der Waals surface area contributed by atoms with E-state index in [1.165, 1.54) is 0 Å². The lowest BCUT2D eigenvalue weighted by Gasteiger charge is -2.04. The molecule has 1 aromatic carbocycles. The summed E-state index contributed by atoms with van der Waals surface area (Å²) in [5, 5.41) is 0. The Balaban J connectivity index is 2.66. The second-order valence-electron chi connectivity index (χ2n) is 2.60. The molecule has 15 heavy (non-hydrogen) atoms. The number of Topliss-reactive ketones (excluding diaryl/α,β-unsaturated/α-hetero) is 1. The predicted molar refractivity (Wildman–Crippen MR) is 60.6 cm³/mol. The van der Waals surface area contributed by atoms with Crippen molar-refractivity contribution in [1.29, 1.82) is 0 Å². The zero-order valence-electron chi connectivity index (χ0n) is 7.34. The molecule has 4 nitrogen and oxygen atoms in total. The molecular formula is C8H6BrO4S2-. The van der Waals surface area contributed by atoms with Crippen LogP contribution >= 0.6 is 26.7 Å². The average molecular weight is 310 g/mol. The highest BCUT2D eigenvalue weighted by Crippen LogP contribution is 2.15. The Labute approximate surface area is 99.3 Å². The first kappa shape index (κ1) is 12.7. The first-order valence-electron chi connectivity index (χ1n) is 3.77. The van der Waals surface area contributed by atoms with Gasteiger partial charge >= 0.3 is 0 Å². The number of halogens is 1. The fraction of sp³-hybridized carbons (Fsp3) is 0.125. The molecule has 0 amide bonds. The van der Waals surface area contributed by atoms with E-state index in [1.807, 2.05) is 0 Å². The molecule has 0 aromatic heterocycles. The summed E-state index contributed by atoms with van der Waals surface area (Å²) in [4.78, 5) is 11.4. The van der Waals surface area contributed by atoms with E-state index in [1.54, 1.807) is 24.3 Å². The first-order valence-corrected chi connectivity index (χ1v) is 7.48. The summed E-state index contributed by atoms with van der Waals surface area (Å²) in [6.45, 7) is 0. The van der Waals surface area contributed by atoms with Gasteiger partial charge in [-0.25, -0.2) is 8.42 Å². The molecule has 0 aliphatic carbocycles. The predicted octanol–water partition coefficient (Wildman–Crippen LogP) is 1.83. The summed E-state index contributed by atoms with van der Waals surface area (Å²) < 4.78 is 31.6. The molecule has 0 aliphatic heterocycles. The SMILES string of the molecule is O=C(CSS(=O)(=O)[O-])c1ccc(Br)cc1. The lowest BCUT2D eigenvalue weighted by atomic mass is 10.2. The van der Waals surface area contributed by atoms with Crippen LogP contribution in [0.1, 0.15) is 10.4 Å². The van der Waals surface area contributed by atoms with Gasteiger partial charge in [-0.2, -0.15) is 0 Å². The number of hydrogen-bond donors (Lipinski definition) is 0. The van der Waals surface area contributed by atoms with Crippen LogP contribution in [0.5, 0.6) is 0 Å². The zero-order valence-corrected chi connectivity index (χ0v) is 10.6. The van der Waals surface area contributed by atoms with Crippen LogP contribution in [0.15, 0.2) is 28.7 Å². The third-order valence-corrected chi connectivity index (χ3v) is 3.92. The van der Waals surface area contributed by atoms with Crippen LogP contribution < -0.4 is 0 Å². The van der Waals surface area contributed by atoms with Crippen LogP contribution in [0.3, 0.4) is 0 Å². The third kappa shape index (κ3) is 4.78. The van der Waals surface area contributed by atoms with E-state index in [9.17, 15) is 17.8 Å². The molecule has 0 atom stereocenters. The summed E-state index contributed by atoms with van der Waals surface area (Å²) in [7, 11) is -4.30. The third-order valence-electron chi connectivity index (χ3n) is 1.50. The Morgan fingerprint density at radius 3 is 2.33 bits per heavy atom. The van der Waals surface area contributed by atoms with Crippen LogP contribution in [0, 0.1) is 0 Å². The summed E-state index contributed by atoms with van der Waals surface area (Å²) in [5.41, 5.74) is 0.384. The topological polar surface area (TPSA) is 74.3 Å². The molecule has 7 heteroatoms. The smallest absolute Gasteiger partial charge is 0.173 e. The summed E-state index contributed by atoms with van der Waals surface area (Å²) in [5.74, 6) is -0.736. The van der Waals surface area contributed by atoms with Crippen molar-refractivity contribution >= 4 is 41.7 Å². The summed E-state index contributed by atoms with van der Waals surface area (Å²) in [6.07, 6.45) is 0. The van der Waals surface area contributed by atoms with Gasteiger partial charge in [0.2, 0.25) is 0 Å². The minimum absolute atomic E-state index is 0.0961. The quantitative estimate of drug-likeness (QED) is 0.482. The maximum Gasteiger partial charge on any atom is 0.173 e. The van der Waals surface area contributed by atoms with Gasteiger partial charge in [0.15, 0.2) is 5.78 Å². The van der Waals surface area contributed by atoms with Crippen molar-refractivity contribution in [2.24, 2.45) is 0 Å². The molecular weight excluding hydrogens is 304 g/mol. The molecule has 0 radical (unpaired) electrons. The molecule has 0 heterocycles. The highest BCUT2D eigenvalue weighted by molar-refractivity contribution is 9.10. The van der Waals surface area contributed by atoms with Gasteiger partial charge in [-0.1, -0.05) is 28.1 Å². The number of carbonyl (C=O) groups is 1. The van der Waals surface area contributed by atoms with Gasteiger partial charge < -0.3 is 4.55 Å². The van der Waals surface area contributed by atoms with E-state index in [-0.39, 0.29) is 22.3 Å². The summed E-state index contributed by atoms with van der Waals surface area (Å²) in [6, 6.07) is 6.46. The van der Waals surface area contributed by atoms with Crippen molar-refractivity contribution in [3.63, 3.8) is 0 Å². The fourth-order valence-electron chi connectivity index (χ4n) is 0.845. The maximum absolute atomic E-state index is 11.4. The Kier molecular flexibility index (Phi) is 4.32. The maximum atomic E-state index is 11.4. The normalized spacial score (nSPS) is 11.3. The first-order chi connectivity index (χ1) is 6.88. The minimum atomic E-state index is -4.40. The lowest BCUT2D eigenvalue weighted by molar-refractivity contribution is 0.102. The second kappa shape index (κ2) is 5.11. The lowest BCUT2D eigenvalue weighted by Crippen LogP contribution is -2.04. The molecule has 0 fully saturated rings. The molecule has 1 aromatic rings. The van der Waals surface area contributed by atoms with Crippen molar-refractivity contribution in [2.45, 2.75) is 0 Å². The Hall–Kier alpha value is -0.370. The summed E-state index contributed by atoms with van der Waals surface area (Å²) >= 11 is 3.20. The highest BCUT2D eigenvalue weighted by Gasteiger charge is 2.07. The van der Waals surface area contributed by atoms with E-state index >= 15 is 0 Å². The van der Waals surface area contributed by atoms with Crippen molar-refractivity contribution < 1.29 is 17.8 Å². The van der Waals surface area contributed by atoms with Crippen LogP contribution in [0.2, 0.25) is 0 Å². The molecule has 0 bridgehead atoms. The van der Waals surface area contributed by atoms with Crippen LogP contribution in [-0.4, -0.2) is 24.5 Å². The number of carbonyl (C=O) groups excluding carboxylic acids is 1. The molecule has 0 N–H and O–H groups in total. The number of rotatable bonds is 4. The van der Waals surface area contributed by atoms with Crippen molar-refractivity contribution in [3.8, 4) is 0 Å². The van der Waals surface area contributed by atoms with Gasteiger partial charge in [0.25, 0.3) is 0 Å². The standard InChI is InChI=1S/C8H7BrO4S2/c9-7-3-1-6(2-4-7)8(10)5-14-15(11,12)13/h1-4H,5H2,(H,11,12,13)/p-1. The molecule has 0 spiro atoms. The molecule has 0 aliphatic rings. The van der Waals surface area contributed by atoms with Gasteiger partial charge in [-0.3, -0.25) is 4.79 Å². The molecule has 1 rings (SSSR count). The highest BCUT2D eigenvalue weighted by atomic mass is 79.9. The Morgan fingerprint density at radius 2 is 1.87 bits per heavy atom. The Bertz CT molecular complexity index is 452. The Morgan fingerprint density at radius 1 is 1.33 bits per heavy atom. The van der Waals surface area contributed by atoms with Crippen molar-refractivity contribution in [2.75, 3.05) is 5.75 Å². The van der Waals surface area contributed by atoms with Gasteiger partial charge in [0, 0.05) is 10.0 Å². The van der Waals surface area contributed by atoms with E-state index in [4.69, 9.17) is 0 Å². The number of ketones is 1. The number of hydrogen-bond acceptors (Lipinski definition) is 5. The van der Waals surface area contributed by atoms with Gasteiger partial charge in [0.05, 0.1) is 5.75 Å². The monoisotopic (exact) mass is 309 g/mol. The molecule has 82 valence electrons. The molecule has 0 saturated heterocycles. The van der Waals surface area contributed by atoms with Crippen molar-refractivity contribution in [1.82, 2.24) is 0 Å².